The van der Waals surface area contributed by atoms with E-state index in [2.05, 4.69) is 15.7 Å². The number of halogens is 1. The molecule has 2 aliphatic heterocycles. The minimum atomic E-state index is -0.585. The van der Waals surface area contributed by atoms with Gasteiger partial charge >= 0.3 is 0 Å². The first-order chi connectivity index (χ1) is 20.6. The Hall–Kier alpha value is -4.61. The zero-order valence-corrected chi connectivity index (χ0v) is 24.7. The first-order valence-corrected chi connectivity index (χ1v) is 14.2. The van der Waals surface area contributed by atoms with Gasteiger partial charge in [0.15, 0.2) is 18.1 Å². The van der Waals surface area contributed by atoms with Gasteiger partial charge in [0, 0.05) is 56.8 Å². The van der Waals surface area contributed by atoms with E-state index in [-0.39, 0.29) is 42.7 Å². The van der Waals surface area contributed by atoms with Crippen LogP contribution < -0.4 is 24.8 Å². The summed E-state index contributed by atoms with van der Waals surface area (Å²) < 4.78 is 33.6. The third-order valence-corrected chi connectivity index (χ3v) is 7.96. The minimum Gasteiger partial charge on any atom is -0.493 e. The zero-order chi connectivity index (χ0) is 30.7. The lowest BCUT2D eigenvalue weighted by atomic mass is 9.99. The summed E-state index contributed by atoms with van der Waals surface area (Å²) in [5, 5.41) is 10.2. The summed E-state index contributed by atoms with van der Waals surface area (Å²) in [6.45, 7) is 4.29. The number of amides is 3. The van der Waals surface area contributed by atoms with Crippen molar-refractivity contribution in [2.24, 2.45) is 7.05 Å². The van der Waals surface area contributed by atoms with Crippen molar-refractivity contribution in [3.8, 4) is 17.2 Å². The van der Waals surface area contributed by atoms with Crippen molar-refractivity contribution in [3.05, 3.63) is 70.3 Å². The average molecular weight is 594 g/mol. The van der Waals surface area contributed by atoms with E-state index in [0.29, 0.717) is 37.1 Å². The van der Waals surface area contributed by atoms with Crippen LogP contribution in [0.3, 0.4) is 0 Å². The SMILES string of the molecule is COc1ccc2cc1OCC(=O)NCc1cc(F)cc(c1)O[C@@H]1CCN(C(=O)CCc3c(C)nn(C)c3C)C[C@@H]1NC2=O. The van der Waals surface area contributed by atoms with E-state index >= 15 is 0 Å². The molecular formula is C31H36FN5O6. The molecule has 1 aromatic heterocycles. The van der Waals surface area contributed by atoms with Crippen molar-refractivity contribution in [2.45, 2.75) is 51.8 Å². The minimum absolute atomic E-state index is 0.0357. The number of piperidine rings is 1. The predicted octanol–water partition coefficient (Wildman–Crippen LogP) is 2.60. The quantitative estimate of drug-likeness (QED) is 0.477. The second-order valence-corrected chi connectivity index (χ2v) is 10.9. The highest BCUT2D eigenvalue weighted by molar-refractivity contribution is 5.95. The number of ether oxygens (including phenoxy) is 3. The van der Waals surface area contributed by atoms with Crippen molar-refractivity contribution >= 4 is 17.7 Å². The standard InChI is InChI=1S/C31H36FN5O6/c1-18-24(19(2)36(3)35-18)6-8-30(39)37-10-9-26-25(16-37)34-31(40)21-5-7-27(41-4)28(13-21)42-17-29(38)33-15-20-11-22(32)14-23(12-20)43-26/h5,7,11-14,25-26H,6,8-10,15-17H2,1-4H3,(H,33,38)(H,34,40)/t25-,26+/m0/s1. The van der Waals surface area contributed by atoms with Gasteiger partial charge in [-0.25, -0.2) is 4.39 Å². The maximum atomic E-state index is 14.5. The molecule has 0 spiro atoms. The predicted molar refractivity (Wildman–Crippen MR) is 155 cm³/mol. The number of aryl methyl sites for hydroxylation is 2. The Morgan fingerprint density at radius 1 is 1.19 bits per heavy atom. The third kappa shape index (κ3) is 6.90. The number of hydrogen-bond donors (Lipinski definition) is 2. The Balaban J connectivity index is 1.40. The molecule has 1 fully saturated rings. The maximum Gasteiger partial charge on any atom is 0.258 e. The Bertz CT molecular complexity index is 1540. The number of methoxy groups -OCH3 is 1. The van der Waals surface area contributed by atoms with Crippen LogP contribution in [0.1, 0.15) is 45.7 Å². The first kappa shape index (κ1) is 29.9. The van der Waals surface area contributed by atoms with Crippen LogP contribution in [0, 0.1) is 19.7 Å². The van der Waals surface area contributed by atoms with E-state index in [1.165, 1.54) is 25.3 Å². The second-order valence-electron chi connectivity index (χ2n) is 10.9. The largest absolute Gasteiger partial charge is 0.493 e. The molecule has 2 N–H and O–H groups in total. The Morgan fingerprint density at radius 2 is 2.00 bits per heavy atom. The molecule has 11 nitrogen and oxygen atoms in total. The number of carbonyl (C=O) groups excluding carboxylic acids is 3. The van der Waals surface area contributed by atoms with Gasteiger partial charge < -0.3 is 29.7 Å². The lowest BCUT2D eigenvalue weighted by Crippen LogP contribution is -2.58. The Labute approximate surface area is 249 Å². The molecule has 5 rings (SSSR count). The number of carbonyl (C=O) groups is 3. The van der Waals surface area contributed by atoms with Crippen LogP contribution in [0.4, 0.5) is 4.39 Å². The van der Waals surface area contributed by atoms with Crippen LogP contribution in [0.25, 0.3) is 0 Å². The summed E-state index contributed by atoms with van der Waals surface area (Å²) in [6.07, 6.45) is 0.746. The zero-order valence-electron chi connectivity index (χ0n) is 24.7. The van der Waals surface area contributed by atoms with Gasteiger partial charge in [-0.05, 0) is 61.7 Å². The highest BCUT2D eigenvalue weighted by atomic mass is 19.1. The van der Waals surface area contributed by atoms with E-state index in [9.17, 15) is 18.8 Å². The molecule has 1 saturated heterocycles. The summed E-state index contributed by atoms with van der Waals surface area (Å²) in [5.41, 5.74) is 3.77. The van der Waals surface area contributed by atoms with Gasteiger partial charge in [-0.2, -0.15) is 5.10 Å². The number of nitrogens with one attached hydrogen (secondary N) is 2. The van der Waals surface area contributed by atoms with E-state index < -0.39 is 29.8 Å². The monoisotopic (exact) mass is 593 g/mol. The topological polar surface area (TPSA) is 124 Å². The van der Waals surface area contributed by atoms with Crippen LogP contribution in [-0.4, -0.2) is 71.4 Å². The van der Waals surface area contributed by atoms with Crippen LogP contribution in [0.2, 0.25) is 0 Å². The molecule has 0 saturated carbocycles. The molecule has 4 bridgehead atoms. The smallest absolute Gasteiger partial charge is 0.258 e. The molecule has 2 aromatic carbocycles. The van der Waals surface area contributed by atoms with Gasteiger partial charge in [-0.3, -0.25) is 19.1 Å². The van der Waals surface area contributed by atoms with Gasteiger partial charge in [0.1, 0.15) is 17.7 Å². The van der Waals surface area contributed by atoms with E-state index in [4.69, 9.17) is 14.2 Å². The first-order valence-electron chi connectivity index (χ1n) is 14.2. The molecule has 43 heavy (non-hydrogen) atoms. The average Bonchev–Trinajstić information content (AvgIpc) is 3.23. The Morgan fingerprint density at radius 3 is 2.74 bits per heavy atom. The van der Waals surface area contributed by atoms with Crippen LogP contribution in [0.15, 0.2) is 36.4 Å². The second kappa shape index (κ2) is 12.7. The summed E-state index contributed by atoms with van der Waals surface area (Å²) in [4.78, 5) is 41.0. The number of likely N-dealkylation sites (tertiary alicyclic amines) is 1. The lowest BCUT2D eigenvalue weighted by Gasteiger charge is -2.39. The number of benzene rings is 2. The molecule has 228 valence electrons. The number of aromatic nitrogens is 2. The van der Waals surface area contributed by atoms with E-state index in [1.54, 1.807) is 23.1 Å². The normalized spacial score (nSPS) is 19.0. The van der Waals surface area contributed by atoms with E-state index in [0.717, 1.165) is 17.0 Å². The lowest BCUT2D eigenvalue weighted by molar-refractivity contribution is -0.133. The highest BCUT2D eigenvalue weighted by Crippen LogP contribution is 2.29. The molecule has 0 aliphatic carbocycles. The summed E-state index contributed by atoms with van der Waals surface area (Å²) in [5.74, 6) is -0.555. The molecular weight excluding hydrogens is 557 g/mol. The number of fused-ring (bicyclic) bond motifs is 5. The molecule has 2 atom stereocenters. The number of hydrogen-bond acceptors (Lipinski definition) is 7. The van der Waals surface area contributed by atoms with Crippen molar-refractivity contribution < 1.29 is 33.0 Å². The molecule has 3 heterocycles. The van der Waals surface area contributed by atoms with Crippen LogP contribution >= 0.6 is 0 Å². The fourth-order valence-corrected chi connectivity index (χ4v) is 5.55. The van der Waals surface area contributed by atoms with Crippen molar-refractivity contribution in [2.75, 3.05) is 26.8 Å². The van der Waals surface area contributed by atoms with Crippen LogP contribution in [-0.2, 0) is 29.6 Å². The fourth-order valence-electron chi connectivity index (χ4n) is 5.55. The van der Waals surface area contributed by atoms with Gasteiger partial charge in [-0.15, -0.1) is 0 Å². The van der Waals surface area contributed by atoms with Crippen LogP contribution in [0.5, 0.6) is 17.2 Å². The van der Waals surface area contributed by atoms with Gasteiger partial charge in [0.25, 0.3) is 11.8 Å². The molecule has 3 amide bonds. The highest BCUT2D eigenvalue weighted by Gasteiger charge is 2.34. The molecule has 12 heteroatoms. The molecule has 0 unspecified atom stereocenters. The van der Waals surface area contributed by atoms with Crippen molar-refractivity contribution in [1.82, 2.24) is 25.3 Å². The maximum absolute atomic E-state index is 14.5. The van der Waals surface area contributed by atoms with Gasteiger partial charge in [-0.1, -0.05) is 0 Å². The third-order valence-electron chi connectivity index (χ3n) is 7.96. The molecule has 0 radical (unpaired) electrons. The van der Waals surface area contributed by atoms with E-state index in [1.807, 2.05) is 25.6 Å². The number of nitrogens with zero attached hydrogens (tertiary/aromatic N) is 3. The summed E-state index contributed by atoms with van der Waals surface area (Å²) in [7, 11) is 3.34. The van der Waals surface area contributed by atoms with Crippen molar-refractivity contribution in [1.29, 1.82) is 0 Å². The number of rotatable bonds is 4. The summed E-state index contributed by atoms with van der Waals surface area (Å²) >= 11 is 0. The fraction of sp³-hybridized carbons (Fsp3) is 0.419. The van der Waals surface area contributed by atoms with Gasteiger partial charge in [0.05, 0.1) is 18.8 Å². The Kier molecular flexibility index (Phi) is 8.84. The van der Waals surface area contributed by atoms with Gasteiger partial charge in [0.2, 0.25) is 5.91 Å². The van der Waals surface area contributed by atoms with Crippen molar-refractivity contribution in [3.63, 3.8) is 0 Å². The molecule has 3 aromatic rings. The molecule has 2 aliphatic rings. The summed E-state index contributed by atoms with van der Waals surface area (Å²) in [6, 6.07) is 8.33.